The Hall–Kier alpha value is -1.86. The van der Waals surface area contributed by atoms with E-state index in [1.54, 1.807) is 12.4 Å². The van der Waals surface area contributed by atoms with Gasteiger partial charge in [0.2, 0.25) is 0 Å². The van der Waals surface area contributed by atoms with Gasteiger partial charge >= 0.3 is 0 Å². The van der Waals surface area contributed by atoms with E-state index in [2.05, 4.69) is 22.1 Å². The normalized spacial score (nSPS) is 15.6. The lowest BCUT2D eigenvalue weighted by Gasteiger charge is -2.21. The molecule has 0 aliphatic heterocycles. The third-order valence-electron chi connectivity index (χ3n) is 3.77. The fraction of sp³-hybridized carbons (Fsp3) is 0.353. The maximum absolute atomic E-state index is 9.27. The summed E-state index contributed by atoms with van der Waals surface area (Å²) < 4.78 is 0. The molecule has 3 nitrogen and oxygen atoms in total. The topological polar surface area (TPSA) is 49.6 Å². The minimum atomic E-state index is 0.533. The van der Waals surface area contributed by atoms with Crippen LogP contribution in [0.1, 0.15) is 37.8 Å². The number of nitriles is 1. The van der Waals surface area contributed by atoms with Crippen LogP contribution in [0, 0.1) is 11.3 Å². The van der Waals surface area contributed by atoms with Crippen molar-refractivity contribution in [2.75, 3.05) is 0 Å². The van der Waals surface area contributed by atoms with E-state index in [1.807, 2.05) is 30.0 Å². The molecule has 2 aromatic heterocycles. The molecule has 3 rings (SSSR count). The van der Waals surface area contributed by atoms with Crippen LogP contribution in [-0.2, 0) is 0 Å². The molecule has 2 aromatic rings. The van der Waals surface area contributed by atoms with E-state index in [0.717, 1.165) is 16.2 Å². The highest BCUT2D eigenvalue weighted by atomic mass is 32.2. The van der Waals surface area contributed by atoms with E-state index in [4.69, 9.17) is 0 Å². The molecule has 0 unspecified atom stereocenters. The largest absolute Gasteiger partial charge is 0.256 e. The predicted octanol–water partition coefficient (Wildman–Crippen LogP) is 4.44. The molecule has 1 fully saturated rings. The molecule has 0 radical (unpaired) electrons. The molecule has 2 heterocycles. The van der Waals surface area contributed by atoms with Gasteiger partial charge in [-0.25, -0.2) is 4.98 Å². The van der Waals surface area contributed by atoms with Crippen LogP contribution in [0.4, 0.5) is 0 Å². The molecule has 0 atom stereocenters. The standard InChI is InChI=1S/C17H17N3S/c18-11-16-17(21-14-6-2-1-3-7-14)10-13(12-20-16)15-8-4-5-9-19-15/h4-5,8-10,12,14H,1-3,6-7H2. The third kappa shape index (κ3) is 3.43. The van der Waals surface area contributed by atoms with E-state index < -0.39 is 0 Å². The second-order valence-corrected chi connectivity index (χ2v) is 6.62. The summed E-state index contributed by atoms with van der Waals surface area (Å²) in [5.74, 6) is 0. The van der Waals surface area contributed by atoms with Crippen molar-refractivity contribution in [2.24, 2.45) is 0 Å². The van der Waals surface area contributed by atoms with Gasteiger partial charge in [0.05, 0.1) is 5.69 Å². The summed E-state index contributed by atoms with van der Waals surface area (Å²) in [4.78, 5) is 9.67. The first-order chi connectivity index (χ1) is 10.4. The van der Waals surface area contributed by atoms with Crippen molar-refractivity contribution in [1.82, 2.24) is 9.97 Å². The summed E-state index contributed by atoms with van der Waals surface area (Å²) >= 11 is 1.81. The van der Waals surface area contributed by atoms with Crippen LogP contribution in [0.15, 0.2) is 41.6 Å². The first-order valence-corrected chi connectivity index (χ1v) is 8.23. The average Bonchev–Trinajstić information content (AvgIpc) is 2.56. The maximum Gasteiger partial charge on any atom is 0.154 e. The zero-order valence-electron chi connectivity index (χ0n) is 11.8. The van der Waals surface area contributed by atoms with Crippen molar-refractivity contribution in [3.63, 3.8) is 0 Å². The summed E-state index contributed by atoms with van der Waals surface area (Å²) in [6.07, 6.45) is 9.94. The molecule has 0 saturated heterocycles. The maximum atomic E-state index is 9.27. The molecular weight excluding hydrogens is 278 g/mol. The van der Waals surface area contributed by atoms with Gasteiger partial charge in [-0.2, -0.15) is 5.26 Å². The molecule has 1 aliphatic rings. The lowest BCUT2D eigenvalue weighted by molar-refractivity contribution is 0.516. The van der Waals surface area contributed by atoms with Crippen LogP contribution in [-0.4, -0.2) is 15.2 Å². The molecule has 0 N–H and O–H groups in total. The number of hydrogen-bond donors (Lipinski definition) is 0. The van der Waals surface area contributed by atoms with Gasteiger partial charge in [-0.3, -0.25) is 4.98 Å². The van der Waals surface area contributed by atoms with Gasteiger partial charge in [0, 0.05) is 28.1 Å². The summed E-state index contributed by atoms with van der Waals surface area (Å²) in [5, 5.41) is 9.89. The van der Waals surface area contributed by atoms with Gasteiger partial charge in [-0.1, -0.05) is 25.3 Å². The number of aromatic nitrogens is 2. The molecule has 21 heavy (non-hydrogen) atoms. The predicted molar refractivity (Wildman–Crippen MR) is 84.9 cm³/mol. The third-order valence-corrected chi connectivity index (χ3v) is 5.13. The Morgan fingerprint density at radius 1 is 1.14 bits per heavy atom. The van der Waals surface area contributed by atoms with E-state index in [9.17, 15) is 5.26 Å². The van der Waals surface area contributed by atoms with Gasteiger partial charge < -0.3 is 0 Å². The summed E-state index contributed by atoms with van der Waals surface area (Å²) in [7, 11) is 0. The number of rotatable bonds is 3. The Kier molecular flexibility index (Phi) is 4.52. The summed E-state index contributed by atoms with van der Waals surface area (Å²) in [6, 6.07) is 10.1. The first-order valence-electron chi connectivity index (χ1n) is 7.35. The van der Waals surface area contributed by atoms with E-state index in [1.165, 1.54) is 32.1 Å². The molecule has 0 bridgehead atoms. The van der Waals surface area contributed by atoms with Crippen LogP contribution in [0.3, 0.4) is 0 Å². The van der Waals surface area contributed by atoms with E-state index in [-0.39, 0.29) is 0 Å². The highest BCUT2D eigenvalue weighted by molar-refractivity contribution is 8.00. The van der Waals surface area contributed by atoms with Crippen molar-refractivity contribution in [1.29, 1.82) is 5.26 Å². The lowest BCUT2D eigenvalue weighted by Crippen LogP contribution is -2.08. The van der Waals surface area contributed by atoms with E-state index in [0.29, 0.717) is 10.9 Å². The molecule has 1 saturated carbocycles. The highest BCUT2D eigenvalue weighted by Crippen LogP contribution is 2.36. The van der Waals surface area contributed by atoms with Crippen LogP contribution in [0.2, 0.25) is 0 Å². The van der Waals surface area contributed by atoms with Gasteiger partial charge in [-0.05, 0) is 31.0 Å². The zero-order chi connectivity index (χ0) is 14.5. The minimum absolute atomic E-state index is 0.533. The molecular formula is C17H17N3S. The molecule has 0 spiro atoms. The number of hydrogen-bond acceptors (Lipinski definition) is 4. The Balaban J connectivity index is 1.88. The molecule has 4 heteroatoms. The summed E-state index contributed by atoms with van der Waals surface area (Å²) in [6.45, 7) is 0. The van der Waals surface area contributed by atoms with E-state index >= 15 is 0 Å². The second kappa shape index (κ2) is 6.73. The smallest absolute Gasteiger partial charge is 0.154 e. The van der Waals surface area contributed by atoms with Crippen molar-refractivity contribution >= 4 is 11.8 Å². The molecule has 106 valence electrons. The fourth-order valence-corrected chi connectivity index (χ4v) is 3.99. The molecule has 0 aromatic carbocycles. The van der Waals surface area contributed by atoms with Crippen molar-refractivity contribution < 1.29 is 0 Å². The number of nitrogens with zero attached hydrogens (tertiary/aromatic N) is 3. The van der Waals surface area contributed by atoms with Crippen molar-refractivity contribution in [3.8, 4) is 17.3 Å². The summed E-state index contributed by atoms with van der Waals surface area (Å²) in [5.41, 5.74) is 2.41. The Morgan fingerprint density at radius 2 is 2.00 bits per heavy atom. The zero-order valence-corrected chi connectivity index (χ0v) is 12.6. The lowest BCUT2D eigenvalue weighted by atomic mass is 10.0. The van der Waals surface area contributed by atoms with Crippen LogP contribution in [0.5, 0.6) is 0 Å². The fourth-order valence-electron chi connectivity index (χ4n) is 2.65. The molecule has 0 amide bonds. The first kappa shape index (κ1) is 14.1. The second-order valence-electron chi connectivity index (χ2n) is 5.28. The van der Waals surface area contributed by atoms with Gasteiger partial charge in [0.15, 0.2) is 5.69 Å². The Bertz CT molecular complexity index is 643. The van der Waals surface area contributed by atoms with Crippen LogP contribution >= 0.6 is 11.8 Å². The highest BCUT2D eigenvalue weighted by Gasteiger charge is 2.17. The van der Waals surface area contributed by atoms with Crippen molar-refractivity contribution in [3.05, 3.63) is 42.4 Å². The number of thioether (sulfide) groups is 1. The van der Waals surface area contributed by atoms with Crippen LogP contribution < -0.4 is 0 Å². The number of pyridine rings is 2. The molecule has 1 aliphatic carbocycles. The quantitative estimate of drug-likeness (QED) is 0.840. The average molecular weight is 295 g/mol. The SMILES string of the molecule is N#Cc1ncc(-c2ccccn2)cc1SC1CCCCC1. The van der Waals surface area contributed by atoms with Gasteiger partial charge in [0.1, 0.15) is 6.07 Å². The van der Waals surface area contributed by atoms with Crippen molar-refractivity contribution in [2.45, 2.75) is 42.2 Å². The monoisotopic (exact) mass is 295 g/mol. The van der Waals surface area contributed by atoms with Gasteiger partial charge in [-0.15, -0.1) is 11.8 Å². The Labute approximate surface area is 129 Å². The minimum Gasteiger partial charge on any atom is -0.256 e. The Morgan fingerprint density at radius 3 is 2.71 bits per heavy atom. The van der Waals surface area contributed by atoms with Gasteiger partial charge in [0.25, 0.3) is 0 Å². The van der Waals surface area contributed by atoms with Crippen LogP contribution in [0.25, 0.3) is 11.3 Å².